The largest absolute Gasteiger partial charge is 0.478 e. The van der Waals surface area contributed by atoms with Gasteiger partial charge in [0.1, 0.15) is 0 Å². The minimum Gasteiger partial charge on any atom is -0.478 e. The van der Waals surface area contributed by atoms with E-state index in [4.69, 9.17) is 29.1 Å². The van der Waals surface area contributed by atoms with E-state index in [0.717, 1.165) is 6.07 Å². The molecule has 6 rings (SSSR count). The van der Waals surface area contributed by atoms with E-state index in [1.165, 1.54) is 18.2 Å². The molecule has 2 aliphatic heterocycles. The number of fused-ring (bicyclic) bond motifs is 2. The van der Waals surface area contributed by atoms with Gasteiger partial charge in [-0.25, -0.2) is 9.21 Å². The first-order chi connectivity index (χ1) is 22.2. The molecule has 3 aromatic carbocycles. The van der Waals surface area contributed by atoms with Crippen LogP contribution in [0.5, 0.6) is 0 Å². The van der Waals surface area contributed by atoms with Crippen molar-refractivity contribution in [1.82, 2.24) is 0 Å². The standard InChI is InChI=1S/C26H22N2O3/c29-26(30)20-6-2-1-5-19(20)25-21-9-7-17(27-11-3-12-27)15-23(21)31-24-16-18(8-10-22(24)25)28-13-4-14-28/h1-2,5-10,15-16H,3-4,11-14H2/p+1/i3D2,4D2,7D,8D,9D,10D,11D2,12D2,13D2,14D2,15D,16D. The molecule has 5 heteroatoms. The van der Waals surface area contributed by atoms with E-state index in [2.05, 4.69) is 0 Å². The maximum absolute atomic E-state index is 12.4. The Morgan fingerprint density at radius 1 is 0.903 bits per heavy atom. The van der Waals surface area contributed by atoms with Crippen molar-refractivity contribution in [2.45, 2.75) is 12.7 Å². The molecule has 0 bridgehead atoms. The van der Waals surface area contributed by atoms with E-state index in [1.807, 2.05) is 0 Å². The van der Waals surface area contributed by atoms with E-state index < -0.39 is 125 Å². The van der Waals surface area contributed by atoms with Crippen LogP contribution in [0, 0.1) is 0 Å². The molecule has 0 unspecified atom stereocenters. The Labute approximate surface area is 205 Å². The molecule has 154 valence electrons. The van der Waals surface area contributed by atoms with Crippen molar-refractivity contribution in [1.29, 1.82) is 0 Å². The smallest absolute Gasteiger partial charge is 0.363 e. The third-order valence-corrected chi connectivity index (χ3v) is 4.78. The number of anilines is 2. The Hall–Kier alpha value is -3.60. The molecular weight excluding hydrogens is 388 g/mol. The first kappa shape index (κ1) is 7.52. The second-order valence-corrected chi connectivity index (χ2v) is 6.55. The van der Waals surface area contributed by atoms with Crippen molar-refractivity contribution < 1.29 is 39.0 Å². The van der Waals surface area contributed by atoms with Crippen molar-refractivity contribution >= 4 is 39.3 Å². The van der Waals surface area contributed by atoms with Gasteiger partial charge in [0.2, 0.25) is 0 Å². The van der Waals surface area contributed by atoms with Gasteiger partial charge in [-0.3, -0.25) is 0 Å². The molecule has 2 aliphatic rings. The number of aromatic carboxylic acids is 1. The van der Waals surface area contributed by atoms with Gasteiger partial charge in [0.25, 0.3) is 0 Å². The number of nitrogens with zero attached hydrogens (tertiary/aromatic N) is 2. The molecule has 0 aliphatic carbocycles. The third-order valence-electron chi connectivity index (χ3n) is 4.78. The maximum atomic E-state index is 12.4. The Balaban J connectivity index is 1.85. The Morgan fingerprint density at radius 2 is 1.45 bits per heavy atom. The highest BCUT2D eigenvalue weighted by atomic mass is 16.4. The van der Waals surface area contributed by atoms with Crippen LogP contribution in [0.1, 0.15) is 47.8 Å². The van der Waals surface area contributed by atoms with Crippen LogP contribution in [-0.4, -0.2) is 37.1 Å². The van der Waals surface area contributed by atoms with Crippen LogP contribution in [0.2, 0.25) is 0 Å². The lowest BCUT2D eigenvalue weighted by molar-refractivity contribution is 0.0697. The number of benzene rings is 3. The molecular formula is C26H23N2O3+. The molecule has 31 heavy (non-hydrogen) atoms. The molecule has 3 heterocycles. The predicted molar refractivity (Wildman–Crippen MR) is 124 cm³/mol. The molecule has 0 radical (unpaired) electrons. The van der Waals surface area contributed by atoms with Crippen molar-refractivity contribution in [3.8, 4) is 11.1 Å². The fourth-order valence-corrected chi connectivity index (χ4v) is 3.32. The summed E-state index contributed by atoms with van der Waals surface area (Å²) in [6.45, 7) is -12.7. The van der Waals surface area contributed by atoms with E-state index in [-0.39, 0.29) is 15.4 Å². The zero-order valence-electron chi connectivity index (χ0n) is 33.5. The van der Waals surface area contributed by atoms with Gasteiger partial charge in [0.15, 0.2) is 0 Å². The quantitative estimate of drug-likeness (QED) is 0.335. The average Bonchev–Trinajstić information content (AvgIpc) is 3.00. The van der Waals surface area contributed by atoms with Crippen LogP contribution in [0.4, 0.5) is 11.4 Å². The topological polar surface area (TPSA) is 55.1 Å². The average molecular weight is 430 g/mol. The van der Waals surface area contributed by atoms with Gasteiger partial charge in [0.05, 0.1) is 36.6 Å². The maximum Gasteiger partial charge on any atom is 0.363 e. The van der Waals surface area contributed by atoms with Crippen molar-refractivity contribution in [2.75, 3.05) is 35.8 Å². The molecule has 1 aromatic heterocycles. The molecule has 5 nitrogen and oxygen atoms in total. The van der Waals surface area contributed by atoms with Gasteiger partial charge in [0, 0.05) is 59.4 Å². The predicted octanol–water partition coefficient (Wildman–Crippen LogP) is 5.65. The zero-order valence-corrected chi connectivity index (χ0v) is 15.5. The number of carboxylic acid groups (broad SMARTS) is 1. The number of carbonyl (C=O) groups is 1. The minimum atomic E-state index is -3.17. The van der Waals surface area contributed by atoms with Crippen LogP contribution in [-0.2, 0) is 0 Å². The van der Waals surface area contributed by atoms with E-state index in [0.29, 0.717) is 0 Å². The lowest BCUT2D eigenvalue weighted by atomic mass is 9.93. The molecule has 2 fully saturated rings. The molecule has 0 amide bonds. The Bertz CT molecular complexity index is 2010. The van der Waals surface area contributed by atoms with Crippen LogP contribution in [0.15, 0.2) is 64.9 Å². The zero-order chi connectivity index (χ0) is 36.9. The van der Waals surface area contributed by atoms with Gasteiger partial charge in [-0.2, -0.15) is 0 Å². The summed E-state index contributed by atoms with van der Waals surface area (Å²) < 4.78 is 157. The molecule has 0 atom stereocenters. The normalized spacial score (nSPS) is 33.9. The summed E-state index contributed by atoms with van der Waals surface area (Å²) in [7, 11) is 0. The van der Waals surface area contributed by atoms with Gasteiger partial charge in [-0.1, -0.05) is 18.2 Å². The lowest BCUT2D eigenvalue weighted by Gasteiger charge is -2.33. The fourth-order valence-electron chi connectivity index (χ4n) is 3.32. The highest BCUT2D eigenvalue weighted by Crippen LogP contribution is 2.41. The summed E-state index contributed by atoms with van der Waals surface area (Å²) in [4.78, 5) is 12.7. The number of carboxylic acids is 1. The highest BCUT2D eigenvalue weighted by molar-refractivity contribution is 6.12. The highest BCUT2D eigenvalue weighted by Gasteiger charge is 2.26. The van der Waals surface area contributed by atoms with Crippen LogP contribution >= 0.6 is 0 Å². The van der Waals surface area contributed by atoms with E-state index in [1.54, 1.807) is 0 Å². The summed E-state index contributed by atoms with van der Waals surface area (Å²) in [5.74, 6) is -1.52. The minimum absolute atomic E-state index is 0.147. The van der Waals surface area contributed by atoms with Gasteiger partial charge in [-0.15, -0.1) is 0 Å². The first-order valence-corrected chi connectivity index (χ1v) is 9.00. The van der Waals surface area contributed by atoms with Crippen LogP contribution in [0.3, 0.4) is 0 Å². The van der Waals surface area contributed by atoms with E-state index in [9.17, 15) is 9.90 Å². The summed E-state index contributed by atoms with van der Waals surface area (Å²) in [5, 5.41) is 8.96. The second kappa shape index (κ2) is 6.98. The summed E-state index contributed by atoms with van der Waals surface area (Å²) >= 11 is 0. The molecule has 1 N–H and O–H groups in total. The van der Waals surface area contributed by atoms with Gasteiger partial charge < -0.3 is 14.9 Å². The SMILES string of the molecule is [2H]c1c(N2C([2H])([2H])C([2H])([2H])C2([2H])[2H])c([2H])c2[o+]c3c([2H])c(N4C([2H])([2H])C([2H])([2H])C4([2H])[2H])c([2H])c([2H])c3c(-c3ccccc3C(=O)O)c2c1[2H]. The Kier molecular flexibility index (Phi) is 1.69. The van der Waals surface area contributed by atoms with Crippen LogP contribution in [0.25, 0.3) is 33.1 Å². The lowest BCUT2D eigenvalue weighted by Crippen LogP contribution is -2.36. The molecule has 0 spiro atoms. The fraction of sp³-hybridized carbons (Fsp3) is 0.231. The Morgan fingerprint density at radius 3 is 2.00 bits per heavy atom. The summed E-state index contributed by atoms with van der Waals surface area (Å²) in [6, 6.07) is -0.791. The van der Waals surface area contributed by atoms with Gasteiger partial charge >= 0.3 is 17.1 Å². The molecule has 0 saturated carbocycles. The first-order valence-electron chi connectivity index (χ1n) is 18.0. The van der Waals surface area contributed by atoms with Crippen molar-refractivity contribution in [3.63, 3.8) is 0 Å². The molecule has 4 aromatic rings. The number of hydrogen-bond acceptors (Lipinski definition) is 3. The second-order valence-electron chi connectivity index (χ2n) is 6.55. The van der Waals surface area contributed by atoms with Crippen molar-refractivity contribution in [3.05, 3.63) is 66.1 Å². The number of hydrogen-bond donors (Lipinski definition) is 1. The van der Waals surface area contributed by atoms with Crippen LogP contribution < -0.4 is 9.80 Å². The summed E-state index contributed by atoms with van der Waals surface area (Å²) in [5.41, 5.74) is -4.62. The number of rotatable bonds is 4. The van der Waals surface area contributed by atoms with Crippen molar-refractivity contribution in [2.24, 2.45) is 0 Å². The monoisotopic (exact) mass is 429 g/mol. The summed E-state index contributed by atoms with van der Waals surface area (Å²) in [6.07, 6.45) is -6.34. The van der Waals surface area contributed by atoms with Gasteiger partial charge in [-0.05, 0) is 48.5 Å². The molecule has 2 saturated heterocycles. The van der Waals surface area contributed by atoms with E-state index >= 15 is 0 Å². The third kappa shape index (κ3) is 2.92.